The van der Waals surface area contributed by atoms with E-state index in [-0.39, 0.29) is 0 Å². The molecule has 0 fully saturated rings. The zero-order valence-electron chi connectivity index (χ0n) is 9.45. The molecular weight excluding hydrogens is 268 g/mol. The van der Waals surface area contributed by atoms with E-state index in [0.717, 1.165) is 42.6 Å². The first-order valence-corrected chi connectivity index (χ1v) is 6.55. The van der Waals surface area contributed by atoms with Crippen LogP contribution in [0.4, 0.5) is 0 Å². The maximum atomic E-state index is 8.62. The Morgan fingerprint density at radius 2 is 2.00 bits per heavy atom. The van der Waals surface area contributed by atoms with Gasteiger partial charge in [-0.25, -0.2) is 4.98 Å². The molecule has 0 aliphatic carbocycles. The van der Waals surface area contributed by atoms with Crippen molar-refractivity contribution in [2.24, 2.45) is 0 Å². The number of hydrogen-bond donors (Lipinski definition) is 2. The molecule has 3 nitrogen and oxygen atoms in total. The lowest BCUT2D eigenvalue weighted by atomic mass is 10.2. The summed E-state index contributed by atoms with van der Waals surface area (Å²) in [4.78, 5) is 4.34. The third kappa shape index (κ3) is 6.20. The predicted octanol–water partition coefficient (Wildman–Crippen LogP) is 2.49. The minimum absolute atomic E-state index is 0.315. The Morgan fingerprint density at radius 1 is 1.19 bits per heavy atom. The van der Waals surface area contributed by atoms with Gasteiger partial charge in [-0.15, -0.1) is 0 Å². The van der Waals surface area contributed by atoms with Gasteiger partial charge in [0.15, 0.2) is 0 Å². The molecule has 0 spiro atoms. The van der Waals surface area contributed by atoms with Gasteiger partial charge in [-0.2, -0.15) is 0 Å². The van der Waals surface area contributed by atoms with Gasteiger partial charge < -0.3 is 10.4 Å². The van der Waals surface area contributed by atoms with Crippen LogP contribution in [0.3, 0.4) is 0 Å². The summed E-state index contributed by atoms with van der Waals surface area (Å²) in [5.74, 6) is 0. The van der Waals surface area contributed by atoms with E-state index in [1.54, 1.807) is 0 Å². The van der Waals surface area contributed by atoms with Crippen molar-refractivity contribution in [1.82, 2.24) is 10.3 Å². The van der Waals surface area contributed by atoms with E-state index in [4.69, 9.17) is 5.11 Å². The first-order valence-electron chi connectivity index (χ1n) is 5.76. The first-order chi connectivity index (χ1) is 7.83. The molecule has 16 heavy (non-hydrogen) atoms. The van der Waals surface area contributed by atoms with Crippen molar-refractivity contribution in [1.29, 1.82) is 0 Å². The van der Waals surface area contributed by atoms with Crippen molar-refractivity contribution >= 4 is 15.9 Å². The van der Waals surface area contributed by atoms with Gasteiger partial charge in [-0.3, -0.25) is 0 Å². The first kappa shape index (κ1) is 13.6. The summed E-state index contributed by atoms with van der Waals surface area (Å²) in [6, 6.07) is 5.94. The molecule has 4 heteroatoms. The smallest absolute Gasteiger partial charge is 0.106 e. The van der Waals surface area contributed by atoms with Crippen LogP contribution in [0.2, 0.25) is 0 Å². The monoisotopic (exact) mass is 286 g/mol. The second kappa shape index (κ2) is 8.67. The van der Waals surface area contributed by atoms with Crippen LogP contribution in [-0.2, 0) is 6.54 Å². The Hall–Kier alpha value is -0.450. The average Bonchev–Trinajstić information content (AvgIpc) is 2.28. The van der Waals surface area contributed by atoms with Crippen molar-refractivity contribution in [2.45, 2.75) is 32.2 Å². The van der Waals surface area contributed by atoms with E-state index < -0.39 is 0 Å². The van der Waals surface area contributed by atoms with Gasteiger partial charge in [0.25, 0.3) is 0 Å². The Kier molecular flexibility index (Phi) is 7.38. The maximum absolute atomic E-state index is 8.62. The molecule has 1 aromatic heterocycles. The summed E-state index contributed by atoms with van der Waals surface area (Å²) in [5, 5.41) is 12.0. The lowest BCUT2D eigenvalue weighted by molar-refractivity contribution is 0.282. The van der Waals surface area contributed by atoms with Crippen molar-refractivity contribution in [3.05, 3.63) is 28.5 Å². The van der Waals surface area contributed by atoms with E-state index in [0.29, 0.717) is 6.61 Å². The Bertz CT molecular complexity index is 294. The number of unbranched alkanes of at least 4 members (excludes halogenated alkanes) is 3. The van der Waals surface area contributed by atoms with Crippen LogP contribution < -0.4 is 5.32 Å². The van der Waals surface area contributed by atoms with Crippen LogP contribution in [0.15, 0.2) is 22.8 Å². The molecular formula is C12H19BrN2O. The van der Waals surface area contributed by atoms with Gasteiger partial charge >= 0.3 is 0 Å². The number of rotatable bonds is 8. The molecule has 0 amide bonds. The van der Waals surface area contributed by atoms with Gasteiger partial charge in [0.05, 0.1) is 5.69 Å². The number of aliphatic hydroxyl groups is 1. The Balaban J connectivity index is 2.03. The Labute approximate surface area is 105 Å². The number of pyridine rings is 1. The molecule has 0 atom stereocenters. The van der Waals surface area contributed by atoms with Crippen LogP contribution in [0.1, 0.15) is 31.4 Å². The normalized spacial score (nSPS) is 10.6. The second-order valence-electron chi connectivity index (χ2n) is 3.77. The number of nitrogens with zero attached hydrogens (tertiary/aromatic N) is 1. The topological polar surface area (TPSA) is 45.1 Å². The third-order valence-corrected chi connectivity index (χ3v) is 2.78. The summed E-state index contributed by atoms with van der Waals surface area (Å²) in [7, 11) is 0. The molecule has 90 valence electrons. The van der Waals surface area contributed by atoms with E-state index in [1.165, 1.54) is 6.42 Å². The molecule has 0 saturated carbocycles. The highest BCUT2D eigenvalue weighted by Gasteiger charge is 1.95. The van der Waals surface area contributed by atoms with Gasteiger partial charge in [-0.1, -0.05) is 18.9 Å². The summed E-state index contributed by atoms with van der Waals surface area (Å²) < 4.78 is 0.884. The van der Waals surface area contributed by atoms with Crippen LogP contribution >= 0.6 is 15.9 Å². The van der Waals surface area contributed by atoms with Crippen LogP contribution in [-0.4, -0.2) is 23.2 Å². The molecule has 1 rings (SSSR count). The highest BCUT2D eigenvalue weighted by molar-refractivity contribution is 9.10. The largest absolute Gasteiger partial charge is 0.396 e. The molecule has 0 saturated heterocycles. The quantitative estimate of drug-likeness (QED) is 0.570. The highest BCUT2D eigenvalue weighted by Crippen LogP contribution is 2.06. The number of aromatic nitrogens is 1. The maximum Gasteiger partial charge on any atom is 0.106 e. The zero-order chi connectivity index (χ0) is 11.6. The molecule has 1 heterocycles. The molecule has 0 unspecified atom stereocenters. The standard InChI is InChI=1S/C12H19BrN2O/c13-12-7-5-6-11(15-12)10-14-8-3-1-2-4-9-16/h5-7,14,16H,1-4,8-10H2. The molecule has 0 aliphatic rings. The minimum atomic E-state index is 0.315. The van der Waals surface area contributed by atoms with Crippen LogP contribution in [0.5, 0.6) is 0 Å². The van der Waals surface area contributed by atoms with Crippen LogP contribution in [0.25, 0.3) is 0 Å². The molecule has 0 aromatic carbocycles. The second-order valence-corrected chi connectivity index (χ2v) is 4.58. The van der Waals surface area contributed by atoms with Crippen molar-refractivity contribution in [3.63, 3.8) is 0 Å². The lowest BCUT2D eigenvalue weighted by Crippen LogP contribution is -2.15. The zero-order valence-corrected chi connectivity index (χ0v) is 11.0. The van der Waals surface area contributed by atoms with Crippen LogP contribution in [0, 0.1) is 0 Å². The molecule has 2 N–H and O–H groups in total. The predicted molar refractivity (Wildman–Crippen MR) is 69.2 cm³/mol. The fourth-order valence-corrected chi connectivity index (χ4v) is 1.86. The average molecular weight is 287 g/mol. The fraction of sp³-hybridized carbons (Fsp3) is 0.583. The third-order valence-electron chi connectivity index (χ3n) is 2.34. The van der Waals surface area contributed by atoms with E-state index in [1.807, 2.05) is 18.2 Å². The fourth-order valence-electron chi connectivity index (χ4n) is 1.48. The molecule has 1 aromatic rings. The van der Waals surface area contributed by atoms with Crippen molar-refractivity contribution in [3.8, 4) is 0 Å². The van der Waals surface area contributed by atoms with E-state index in [2.05, 4.69) is 26.2 Å². The van der Waals surface area contributed by atoms with Gasteiger partial charge in [0.2, 0.25) is 0 Å². The molecule has 0 radical (unpaired) electrons. The van der Waals surface area contributed by atoms with Crippen molar-refractivity contribution < 1.29 is 5.11 Å². The van der Waals surface area contributed by atoms with Gasteiger partial charge in [0.1, 0.15) is 4.60 Å². The number of nitrogens with one attached hydrogen (secondary N) is 1. The van der Waals surface area contributed by atoms with Crippen molar-refractivity contribution in [2.75, 3.05) is 13.2 Å². The molecule has 0 aliphatic heterocycles. The summed E-state index contributed by atoms with van der Waals surface area (Å²) in [5.41, 5.74) is 1.06. The Morgan fingerprint density at radius 3 is 2.75 bits per heavy atom. The molecule has 0 bridgehead atoms. The summed E-state index contributed by atoms with van der Waals surface area (Å²) in [6.07, 6.45) is 4.38. The van der Waals surface area contributed by atoms with Gasteiger partial charge in [0, 0.05) is 13.2 Å². The SMILES string of the molecule is OCCCCCCNCc1cccc(Br)n1. The lowest BCUT2D eigenvalue weighted by Gasteiger charge is -2.04. The number of aliphatic hydroxyl groups excluding tert-OH is 1. The number of halogens is 1. The van der Waals surface area contributed by atoms with E-state index >= 15 is 0 Å². The van der Waals surface area contributed by atoms with Gasteiger partial charge in [-0.05, 0) is 47.4 Å². The number of hydrogen-bond acceptors (Lipinski definition) is 3. The minimum Gasteiger partial charge on any atom is -0.396 e. The highest BCUT2D eigenvalue weighted by atomic mass is 79.9. The summed E-state index contributed by atoms with van der Waals surface area (Å²) >= 11 is 3.35. The van der Waals surface area contributed by atoms with E-state index in [9.17, 15) is 0 Å². The summed E-state index contributed by atoms with van der Waals surface area (Å²) in [6.45, 7) is 2.15.